The molecule has 162 valence electrons. The molecule has 4 rings (SSSR count). The van der Waals surface area contributed by atoms with Crippen LogP contribution in [0.4, 0.5) is 5.69 Å². The smallest absolute Gasteiger partial charge is 0.267 e. The van der Waals surface area contributed by atoms with Crippen molar-refractivity contribution in [2.45, 2.75) is 6.54 Å². The van der Waals surface area contributed by atoms with Gasteiger partial charge in [-0.3, -0.25) is 9.69 Å². The number of rotatable bonds is 5. The average Bonchev–Trinajstić information content (AvgIpc) is 3.07. The van der Waals surface area contributed by atoms with Crippen LogP contribution in [0.5, 0.6) is 11.5 Å². The highest BCUT2D eigenvalue weighted by Gasteiger charge is 2.33. The molecule has 1 N–H and O–H groups in total. The molecule has 1 saturated heterocycles. The molecule has 5 nitrogen and oxygen atoms in total. The highest BCUT2D eigenvalue weighted by molar-refractivity contribution is 14.1. The van der Waals surface area contributed by atoms with Crippen molar-refractivity contribution >= 4 is 73.1 Å². The Balaban J connectivity index is 1.70. The van der Waals surface area contributed by atoms with E-state index in [0.717, 1.165) is 22.6 Å². The Hall–Kier alpha value is -2.30. The monoisotopic (exact) mass is 620 g/mol. The lowest BCUT2D eigenvalue weighted by Crippen LogP contribution is -2.28. The van der Waals surface area contributed by atoms with Gasteiger partial charge in [0, 0.05) is 0 Å². The Kier molecular flexibility index (Phi) is 7.22. The molecule has 0 saturated carbocycles. The molecule has 0 aromatic heterocycles. The van der Waals surface area contributed by atoms with Crippen LogP contribution in [0.25, 0.3) is 6.08 Å². The molecule has 0 atom stereocenters. The summed E-state index contributed by atoms with van der Waals surface area (Å²) in [6.07, 6.45) is 1.83. The number of methoxy groups -OCH3 is 1. The Morgan fingerprint density at radius 2 is 1.88 bits per heavy atom. The number of hydrogen-bond acceptors (Lipinski definition) is 5. The maximum absolute atomic E-state index is 13.3. The van der Waals surface area contributed by atoms with E-state index < -0.39 is 0 Å². The first-order valence-electron chi connectivity index (χ1n) is 9.60. The molecule has 1 amide bonds. The van der Waals surface area contributed by atoms with Crippen molar-refractivity contribution in [1.82, 2.24) is 4.90 Å². The Morgan fingerprint density at radius 3 is 2.53 bits per heavy atom. The molecule has 1 aliphatic rings. The SMILES string of the molecule is COc1ccc(CN2C(=O)/C(=C/c3cc(Br)c(O)c(I)c3)SC2=Nc2ccccc2)cc1. The van der Waals surface area contributed by atoms with E-state index in [4.69, 9.17) is 9.73 Å². The fraction of sp³-hybridized carbons (Fsp3) is 0.0833. The minimum atomic E-state index is -0.111. The number of phenols is 1. The van der Waals surface area contributed by atoms with Crippen LogP contribution in [-0.2, 0) is 11.3 Å². The van der Waals surface area contributed by atoms with E-state index in [2.05, 4.69) is 38.5 Å². The Morgan fingerprint density at radius 1 is 1.16 bits per heavy atom. The summed E-state index contributed by atoms with van der Waals surface area (Å²) in [5, 5.41) is 10.6. The minimum absolute atomic E-state index is 0.111. The van der Waals surface area contributed by atoms with Crippen LogP contribution in [0, 0.1) is 3.57 Å². The number of carbonyl (C=O) groups is 1. The highest BCUT2D eigenvalue weighted by atomic mass is 127. The van der Waals surface area contributed by atoms with Crippen molar-refractivity contribution in [1.29, 1.82) is 0 Å². The van der Waals surface area contributed by atoms with Gasteiger partial charge < -0.3 is 9.84 Å². The molecule has 0 bridgehead atoms. The first-order valence-corrected chi connectivity index (χ1v) is 12.3. The largest absolute Gasteiger partial charge is 0.506 e. The number of amides is 1. The van der Waals surface area contributed by atoms with Crippen molar-refractivity contribution < 1.29 is 14.6 Å². The summed E-state index contributed by atoms with van der Waals surface area (Å²) in [5.74, 6) is 0.840. The van der Waals surface area contributed by atoms with Crippen LogP contribution in [0.1, 0.15) is 11.1 Å². The van der Waals surface area contributed by atoms with Gasteiger partial charge in [0.2, 0.25) is 0 Å². The lowest BCUT2D eigenvalue weighted by atomic mass is 10.2. The summed E-state index contributed by atoms with van der Waals surface area (Å²) in [6.45, 7) is 0.398. The average molecular weight is 621 g/mol. The van der Waals surface area contributed by atoms with Gasteiger partial charge in [-0.05, 0) is 104 Å². The molecule has 1 aliphatic heterocycles. The number of para-hydroxylation sites is 1. The quantitative estimate of drug-likeness (QED) is 0.259. The van der Waals surface area contributed by atoms with E-state index in [1.54, 1.807) is 18.1 Å². The van der Waals surface area contributed by atoms with Crippen molar-refractivity contribution in [2.75, 3.05) is 7.11 Å². The summed E-state index contributed by atoms with van der Waals surface area (Å²) < 4.78 is 6.52. The molecular formula is C24H18BrIN2O3S. The summed E-state index contributed by atoms with van der Waals surface area (Å²) in [4.78, 5) is 20.3. The van der Waals surface area contributed by atoms with Crippen molar-refractivity contribution in [3.63, 3.8) is 0 Å². The number of ether oxygens (including phenoxy) is 1. The molecule has 1 heterocycles. The van der Waals surface area contributed by atoms with Crippen LogP contribution in [0.2, 0.25) is 0 Å². The van der Waals surface area contributed by atoms with E-state index in [1.165, 1.54) is 11.8 Å². The molecule has 0 unspecified atom stereocenters. The van der Waals surface area contributed by atoms with Crippen LogP contribution in [-0.4, -0.2) is 28.2 Å². The molecular weight excluding hydrogens is 603 g/mol. The zero-order valence-corrected chi connectivity index (χ0v) is 21.5. The Labute approximate surface area is 212 Å². The molecule has 0 radical (unpaired) electrons. The number of aromatic hydroxyl groups is 1. The zero-order chi connectivity index (χ0) is 22.7. The van der Waals surface area contributed by atoms with Gasteiger partial charge in [0.1, 0.15) is 11.5 Å². The number of halogens is 2. The third-order valence-corrected chi connectivity index (χ3v) is 7.14. The van der Waals surface area contributed by atoms with Gasteiger partial charge in [-0.25, -0.2) is 4.99 Å². The van der Waals surface area contributed by atoms with Crippen molar-refractivity contribution in [3.8, 4) is 11.5 Å². The summed E-state index contributed by atoms with van der Waals surface area (Å²) >= 11 is 6.77. The van der Waals surface area contributed by atoms with Gasteiger partial charge in [-0.15, -0.1) is 0 Å². The van der Waals surface area contributed by atoms with Crippen molar-refractivity contribution in [2.24, 2.45) is 4.99 Å². The van der Waals surface area contributed by atoms with Gasteiger partial charge in [0.15, 0.2) is 5.17 Å². The fourth-order valence-corrected chi connectivity index (χ4v) is 5.57. The standard InChI is InChI=1S/C24H18BrIN2O3S/c1-31-18-9-7-15(8-10-18)14-28-23(30)21(13-16-11-19(25)22(29)20(26)12-16)32-24(28)27-17-5-3-2-4-6-17/h2-13,29H,14H2,1H3/b21-13-,27-24?. The van der Waals surface area contributed by atoms with Gasteiger partial charge in [-0.1, -0.05) is 30.3 Å². The van der Waals surface area contributed by atoms with Crippen LogP contribution in [0.3, 0.4) is 0 Å². The zero-order valence-electron chi connectivity index (χ0n) is 17.0. The number of nitrogens with zero attached hydrogens (tertiary/aromatic N) is 2. The summed E-state index contributed by atoms with van der Waals surface area (Å²) in [7, 11) is 1.63. The van der Waals surface area contributed by atoms with E-state index in [9.17, 15) is 9.90 Å². The molecule has 3 aromatic rings. The second-order valence-electron chi connectivity index (χ2n) is 6.91. The number of aliphatic imine (C=N–C) groups is 1. The van der Waals surface area contributed by atoms with E-state index >= 15 is 0 Å². The first kappa shape index (κ1) is 22.9. The summed E-state index contributed by atoms with van der Waals surface area (Å²) in [6, 6.07) is 20.9. The second-order valence-corrected chi connectivity index (χ2v) is 9.94. The third-order valence-electron chi connectivity index (χ3n) is 4.71. The first-order chi connectivity index (χ1) is 15.4. The van der Waals surface area contributed by atoms with E-state index in [1.807, 2.05) is 66.7 Å². The predicted octanol–water partition coefficient (Wildman–Crippen LogP) is 6.57. The maximum atomic E-state index is 13.3. The Bertz CT molecular complexity index is 1190. The van der Waals surface area contributed by atoms with Gasteiger partial charge in [0.25, 0.3) is 5.91 Å². The molecule has 0 aliphatic carbocycles. The number of carbonyl (C=O) groups excluding carboxylic acids is 1. The van der Waals surface area contributed by atoms with E-state index in [-0.39, 0.29) is 11.7 Å². The normalized spacial score (nSPS) is 16.2. The van der Waals surface area contributed by atoms with Crippen LogP contribution in [0.15, 0.2) is 81.1 Å². The topological polar surface area (TPSA) is 62.1 Å². The van der Waals surface area contributed by atoms with Gasteiger partial charge >= 0.3 is 0 Å². The van der Waals surface area contributed by atoms with Crippen LogP contribution < -0.4 is 4.74 Å². The van der Waals surface area contributed by atoms with Gasteiger partial charge in [-0.2, -0.15) is 0 Å². The predicted molar refractivity (Wildman–Crippen MR) is 141 cm³/mol. The fourth-order valence-electron chi connectivity index (χ4n) is 3.08. The number of phenolic OH excluding ortho intramolecular Hbond substituents is 1. The van der Waals surface area contributed by atoms with Crippen molar-refractivity contribution in [3.05, 3.63) is 90.8 Å². The molecule has 3 aromatic carbocycles. The lowest BCUT2D eigenvalue weighted by Gasteiger charge is -2.16. The third kappa shape index (κ3) is 5.19. The summed E-state index contributed by atoms with van der Waals surface area (Å²) in [5.41, 5.74) is 2.58. The maximum Gasteiger partial charge on any atom is 0.267 e. The molecule has 8 heteroatoms. The van der Waals surface area contributed by atoms with E-state index in [0.29, 0.717) is 24.7 Å². The lowest BCUT2D eigenvalue weighted by molar-refractivity contribution is -0.122. The number of benzene rings is 3. The molecule has 0 spiro atoms. The number of thioether (sulfide) groups is 1. The number of amidine groups is 1. The molecule has 1 fully saturated rings. The highest BCUT2D eigenvalue weighted by Crippen LogP contribution is 2.37. The van der Waals surface area contributed by atoms with Gasteiger partial charge in [0.05, 0.1) is 32.3 Å². The minimum Gasteiger partial charge on any atom is -0.506 e. The second kappa shape index (κ2) is 10.1. The van der Waals surface area contributed by atoms with Crippen LogP contribution >= 0.6 is 50.3 Å². The molecule has 32 heavy (non-hydrogen) atoms. The number of hydrogen-bond donors (Lipinski definition) is 1.